The number of benzene rings is 1. The van der Waals surface area contributed by atoms with Crippen LogP contribution in [-0.2, 0) is 0 Å². The number of hydrogen-bond donors (Lipinski definition) is 1. The van der Waals surface area contributed by atoms with Gasteiger partial charge in [-0.2, -0.15) is 10.4 Å². The van der Waals surface area contributed by atoms with E-state index in [-0.39, 0.29) is 11.9 Å². The molecular weight excluding hydrogens is 268 g/mol. The minimum absolute atomic E-state index is 0.137. The average Bonchev–Trinajstić information content (AvgIpc) is 2.93. The zero-order valence-electron chi connectivity index (χ0n) is 11.5. The summed E-state index contributed by atoms with van der Waals surface area (Å²) in [4.78, 5) is 12.0. The molecule has 1 aromatic carbocycles. The lowest BCUT2D eigenvalue weighted by molar-refractivity contribution is 0.0957. The molecule has 1 aliphatic heterocycles. The van der Waals surface area contributed by atoms with Gasteiger partial charge in [0.15, 0.2) is 0 Å². The molecule has 21 heavy (non-hydrogen) atoms. The third kappa shape index (κ3) is 2.46. The maximum atomic E-state index is 12.0. The van der Waals surface area contributed by atoms with Crippen LogP contribution in [0.25, 0.3) is 11.1 Å². The number of nitriles is 1. The molecule has 2 aromatic rings. The Balaban J connectivity index is 1.99. The number of carbonyl (C=O) groups is 1. The molecule has 6 nitrogen and oxygen atoms in total. The van der Waals surface area contributed by atoms with Gasteiger partial charge in [0.05, 0.1) is 24.4 Å². The fourth-order valence-electron chi connectivity index (χ4n) is 2.19. The summed E-state index contributed by atoms with van der Waals surface area (Å²) in [6, 6.07) is 7.26. The van der Waals surface area contributed by atoms with Gasteiger partial charge in [-0.1, -0.05) is 6.07 Å². The molecule has 1 unspecified atom stereocenters. The van der Waals surface area contributed by atoms with Crippen LogP contribution in [0.1, 0.15) is 23.3 Å². The monoisotopic (exact) mass is 282 g/mol. The molecule has 0 saturated heterocycles. The van der Waals surface area contributed by atoms with E-state index < -0.39 is 0 Å². The quantitative estimate of drug-likeness (QED) is 0.910. The van der Waals surface area contributed by atoms with E-state index >= 15 is 0 Å². The number of amides is 1. The molecule has 1 atom stereocenters. The predicted octanol–water partition coefficient (Wildman–Crippen LogP) is 1.76. The van der Waals surface area contributed by atoms with E-state index in [9.17, 15) is 4.79 Å². The number of carbonyl (C=O) groups excluding carboxylic acids is 1. The Labute approximate surface area is 121 Å². The van der Waals surface area contributed by atoms with Gasteiger partial charge >= 0.3 is 0 Å². The van der Waals surface area contributed by atoms with Gasteiger partial charge in [0.1, 0.15) is 18.4 Å². The van der Waals surface area contributed by atoms with Crippen molar-refractivity contribution >= 4 is 5.91 Å². The van der Waals surface area contributed by atoms with Crippen molar-refractivity contribution in [2.45, 2.75) is 13.0 Å². The third-order valence-corrected chi connectivity index (χ3v) is 3.39. The normalized spacial score (nSPS) is 15.1. The molecule has 106 valence electrons. The second-order valence-corrected chi connectivity index (χ2v) is 4.83. The lowest BCUT2D eigenvalue weighted by atomic mass is 10.0. The first-order valence-electron chi connectivity index (χ1n) is 6.68. The molecule has 1 aromatic heterocycles. The molecule has 1 N–H and O–H groups in total. The molecule has 0 aliphatic carbocycles. The van der Waals surface area contributed by atoms with Crippen LogP contribution in [0.5, 0.6) is 5.75 Å². The Morgan fingerprint density at radius 3 is 3.14 bits per heavy atom. The Kier molecular flexibility index (Phi) is 3.32. The fraction of sp³-hybridized carbons (Fsp3) is 0.267. The van der Waals surface area contributed by atoms with E-state index in [1.807, 2.05) is 6.07 Å². The SMILES string of the molecule is CC(C#N)n1cc(-c2ccc3c(c2)C(=O)NCCO3)cn1. The minimum atomic E-state index is -0.328. The Morgan fingerprint density at radius 2 is 2.33 bits per heavy atom. The summed E-state index contributed by atoms with van der Waals surface area (Å²) in [5.41, 5.74) is 2.24. The van der Waals surface area contributed by atoms with Gasteiger partial charge in [-0.3, -0.25) is 9.48 Å². The van der Waals surface area contributed by atoms with Crippen LogP contribution in [0.4, 0.5) is 0 Å². The van der Waals surface area contributed by atoms with Crippen LogP contribution in [0.15, 0.2) is 30.6 Å². The predicted molar refractivity (Wildman–Crippen MR) is 75.8 cm³/mol. The summed E-state index contributed by atoms with van der Waals surface area (Å²) >= 11 is 0. The van der Waals surface area contributed by atoms with Crippen molar-refractivity contribution in [1.29, 1.82) is 5.26 Å². The summed E-state index contributed by atoms with van der Waals surface area (Å²) in [5.74, 6) is 0.452. The summed E-state index contributed by atoms with van der Waals surface area (Å²) < 4.78 is 7.12. The van der Waals surface area contributed by atoms with Crippen molar-refractivity contribution in [3.8, 4) is 22.9 Å². The number of ether oxygens (including phenoxy) is 1. The van der Waals surface area contributed by atoms with Crippen molar-refractivity contribution in [1.82, 2.24) is 15.1 Å². The van der Waals surface area contributed by atoms with E-state index in [1.54, 1.807) is 36.1 Å². The summed E-state index contributed by atoms with van der Waals surface area (Å²) in [6.45, 7) is 2.74. The van der Waals surface area contributed by atoms with Gasteiger partial charge < -0.3 is 10.1 Å². The molecule has 2 heterocycles. The van der Waals surface area contributed by atoms with Crippen molar-refractivity contribution in [2.24, 2.45) is 0 Å². The highest BCUT2D eigenvalue weighted by Gasteiger charge is 2.17. The van der Waals surface area contributed by atoms with E-state index in [2.05, 4.69) is 16.5 Å². The van der Waals surface area contributed by atoms with Gasteiger partial charge in [0.2, 0.25) is 0 Å². The van der Waals surface area contributed by atoms with Crippen LogP contribution in [0.2, 0.25) is 0 Å². The molecular formula is C15H14N4O2. The minimum Gasteiger partial charge on any atom is -0.491 e. The summed E-state index contributed by atoms with van der Waals surface area (Å²) in [7, 11) is 0. The highest BCUT2D eigenvalue weighted by molar-refractivity contribution is 5.98. The number of nitrogens with zero attached hydrogens (tertiary/aromatic N) is 3. The maximum Gasteiger partial charge on any atom is 0.255 e. The van der Waals surface area contributed by atoms with E-state index in [0.29, 0.717) is 24.5 Å². The zero-order valence-corrected chi connectivity index (χ0v) is 11.5. The molecule has 0 bridgehead atoms. The van der Waals surface area contributed by atoms with Crippen molar-refractivity contribution < 1.29 is 9.53 Å². The number of hydrogen-bond acceptors (Lipinski definition) is 4. The van der Waals surface area contributed by atoms with Crippen molar-refractivity contribution in [3.05, 3.63) is 36.2 Å². The lowest BCUT2D eigenvalue weighted by Gasteiger charge is -2.07. The number of nitrogens with one attached hydrogen (secondary N) is 1. The highest BCUT2D eigenvalue weighted by atomic mass is 16.5. The average molecular weight is 282 g/mol. The van der Waals surface area contributed by atoms with E-state index in [1.165, 1.54) is 0 Å². The first kappa shape index (κ1) is 13.2. The summed E-state index contributed by atoms with van der Waals surface area (Å²) in [6.07, 6.45) is 3.48. The fourth-order valence-corrected chi connectivity index (χ4v) is 2.19. The molecule has 1 amide bonds. The molecule has 0 spiro atoms. The Hall–Kier alpha value is -2.81. The second-order valence-electron chi connectivity index (χ2n) is 4.83. The lowest BCUT2D eigenvalue weighted by Crippen LogP contribution is -2.24. The van der Waals surface area contributed by atoms with Crippen LogP contribution in [0.3, 0.4) is 0 Å². The topological polar surface area (TPSA) is 79.9 Å². The number of fused-ring (bicyclic) bond motifs is 1. The molecule has 0 saturated carbocycles. The van der Waals surface area contributed by atoms with Crippen LogP contribution >= 0.6 is 0 Å². The first-order valence-corrected chi connectivity index (χ1v) is 6.68. The van der Waals surface area contributed by atoms with Crippen molar-refractivity contribution in [3.63, 3.8) is 0 Å². The summed E-state index contributed by atoms with van der Waals surface area (Å²) in [5, 5.41) is 15.9. The first-order chi connectivity index (χ1) is 10.2. The van der Waals surface area contributed by atoms with E-state index in [4.69, 9.17) is 10.00 Å². The van der Waals surface area contributed by atoms with Gasteiger partial charge in [-0.05, 0) is 24.6 Å². The molecule has 6 heteroatoms. The second kappa shape index (κ2) is 5.29. The molecule has 1 aliphatic rings. The molecule has 3 rings (SSSR count). The highest BCUT2D eigenvalue weighted by Crippen LogP contribution is 2.27. The van der Waals surface area contributed by atoms with E-state index in [0.717, 1.165) is 11.1 Å². The Bertz CT molecular complexity index is 730. The largest absolute Gasteiger partial charge is 0.491 e. The molecule has 0 radical (unpaired) electrons. The molecule has 0 fully saturated rings. The van der Waals surface area contributed by atoms with Crippen LogP contribution < -0.4 is 10.1 Å². The van der Waals surface area contributed by atoms with Crippen molar-refractivity contribution in [2.75, 3.05) is 13.2 Å². The Morgan fingerprint density at radius 1 is 1.48 bits per heavy atom. The van der Waals surface area contributed by atoms with Crippen LogP contribution in [-0.4, -0.2) is 28.8 Å². The van der Waals surface area contributed by atoms with Gasteiger partial charge in [-0.15, -0.1) is 0 Å². The maximum absolute atomic E-state index is 12.0. The standard InChI is InChI=1S/C15H14N4O2/c1-10(7-16)19-9-12(8-18-19)11-2-3-14-13(6-11)15(20)17-4-5-21-14/h2-3,6,8-10H,4-5H2,1H3,(H,17,20). The zero-order chi connectivity index (χ0) is 14.8. The van der Waals surface area contributed by atoms with Crippen LogP contribution in [0, 0.1) is 11.3 Å². The van der Waals surface area contributed by atoms with Gasteiger partial charge in [0.25, 0.3) is 5.91 Å². The number of aromatic nitrogens is 2. The third-order valence-electron chi connectivity index (χ3n) is 3.39. The van der Waals surface area contributed by atoms with Gasteiger partial charge in [-0.25, -0.2) is 0 Å². The smallest absolute Gasteiger partial charge is 0.255 e. The number of rotatable bonds is 2. The van der Waals surface area contributed by atoms with Gasteiger partial charge in [0, 0.05) is 11.8 Å².